The van der Waals surface area contributed by atoms with E-state index in [0.29, 0.717) is 25.0 Å². The van der Waals surface area contributed by atoms with Crippen LogP contribution in [0, 0.1) is 22.7 Å². The van der Waals surface area contributed by atoms with Crippen LogP contribution in [0.5, 0.6) is 0 Å². The van der Waals surface area contributed by atoms with Gasteiger partial charge in [0.1, 0.15) is 0 Å². The molecule has 0 rings (SSSR count). The molecule has 0 radical (unpaired) electrons. The van der Waals surface area contributed by atoms with E-state index in [4.69, 9.17) is 9.47 Å². The van der Waals surface area contributed by atoms with E-state index in [1.165, 1.54) is 0 Å². The second kappa shape index (κ2) is 18.4. The van der Waals surface area contributed by atoms with Gasteiger partial charge in [0.15, 0.2) is 0 Å². The van der Waals surface area contributed by atoms with E-state index in [0.717, 1.165) is 64.2 Å². The number of hydrogen-bond acceptors (Lipinski definition) is 4. The molecule has 0 aliphatic rings. The average molecular weight is 457 g/mol. The first-order valence-electron chi connectivity index (χ1n) is 13.3. The summed E-state index contributed by atoms with van der Waals surface area (Å²) in [5.41, 5.74) is -0.560. The summed E-state index contributed by atoms with van der Waals surface area (Å²) in [6, 6.07) is 0. The monoisotopic (exact) mass is 456 g/mol. The van der Waals surface area contributed by atoms with Gasteiger partial charge in [0.2, 0.25) is 0 Å². The maximum Gasteiger partial charge on any atom is 0.311 e. The fourth-order valence-corrected chi connectivity index (χ4v) is 3.03. The van der Waals surface area contributed by atoms with Crippen LogP contribution in [-0.2, 0) is 19.1 Å². The maximum absolute atomic E-state index is 12.0. The first-order valence-corrected chi connectivity index (χ1v) is 13.3. The highest BCUT2D eigenvalue weighted by atomic mass is 16.5. The third-order valence-electron chi connectivity index (χ3n) is 6.56. The van der Waals surface area contributed by atoms with Crippen molar-refractivity contribution in [1.29, 1.82) is 0 Å². The van der Waals surface area contributed by atoms with E-state index in [-0.39, 0.29) is 22.8 Å². The fourth-order valence-electron chi connectivity index (χ4n) is 3.03. The first kappa shape index (κ1) is 33.1. The summed E-state index contributed by atoms with van der Waals surface area (Å²) in [5.74, 6) is 1.27. The van der Waals surface area contributed by atoms with Crippen molar-refractivity contribution < 1.29 is 19.1 Å². The van der Waals surface area contributed by atoms with Gasteiger partial charge in [-0.05, 0) is 77.0 Å². The molecule has 0 aromatic carbocycles. The maximum atomic E-state index is 12.0. The second-order valence-electron chi connectivity index (χ2n) is 10.7. The lowest BCUT2D eigenvalue weighted by Crippen LogP contribution is -2.30. The Labute approximate surface area is 200 Å². The summed E-state index contributed by atoms with van der Waals surface area (Å²) in [7, 11) is 0. The summed E-state index contributed by atoms with van der Waals surface area (Å²) in [5, 5.41) is 0. The van der Waals surface area contributed by atoms with E-state index in [1.54, 1.807) is 0 Å². The number of unbranched alkanes of at least 4 members (excludes halogenated alkanes) is 2. The van der Waals surface area contributed by atoms with E-state index in [2.05, 4.69) is 55.4 Å². The number of hydrogen-bond donors (Lipinski definition) is 0. The molecule has 192 valence electrons. The Kier molecular flexibility index (Phi) is 19.0. The van der Waals surface area contributed by atoms with E-state index in [9.17, 15) is 9.59 Å². The molecular weight excluding hydrogens is 400 g/mol. The lowest BCUT2D eigenvalue weighted by atomic mass is 9.81. The van der Waals surface area contributed by atoms with Crippen LogP contribution >= 0.6 is 0 Å². The van der Waals surface area contributed by atoms with Crippen molar-refractivity contribution in [3.63, 3.8) is 0 Å². The molecule has 2 atom stereocenters. The van der Waals surface area contributed by atoms with Crippen molar-refractivity contribution in [3.8, 4) is 0 Å². The molecule has 0 fully saturated rings. The summed E-state index contributed by atoms with van der Waals surface area (Å²) in [6.45, 7) is 22.3. The Morgan fingerprint density at radius 1 is 0.656 bits per heavy atom. The van der Waals surface area contributed by atoms with Gasteiger partial charge in [0.25, 0.3) is 0 Å². The van der Waals surface area contributed by atoms with Crippen LogP contribution in [0.25, 0.3) is 0 Å². The zero-order chi connectivity index (χ0) is 25.2. The van der Waals surface area contributed by atoms with E-state index in [1.807, 2.05) is 13.8 Å². The standard InChI is InChI=1S/2C14H28O2/c2*1-6-8-11-16-13(15)14(5,7-2)10-9-12(3)4/h2*12H,6-11H2,1-5H3. The van der Waals surface area contributed by atoms with Gasteiger partial charge < -0.3 is 9.47 Å². The molecule has 0 amide bonds. The Balaban J connectivity index is 0. The first-order chi connectivity index (χ1) is 14.9. The number of carbonyl (C=O) groups excluding carboxylic acids is 2. The van der Waals surface area contributed by atoms with Gasteiger partial charge in [-0.1, -0.05) is 68.2 Å². The summed E-state index contributed by atoms with van der Waals surface area (Å²) < 4.78 is 10.7. The van der Waals surface area contributed by atoms with Crippen LogP contribution in [0.3, 0.4) is 0 Å². The molecule has 0 heterocycles. The van der Waals surface area contributed by atoms with Gasteiger partial charge in [-0.25, -0.2) is 0 Å². The molecule has 4 nitrogen and oxygen atoms in total. The van der Waals surface area contributed by atoms with Crippen LogP contribution in [0.15, 0.2) is 0 Å². The van der Waals surface area contributed by atoms with Crippen LogP contribution in [-0.4, -0.2) is 25.2 Å². The zero-order valence-electron chi connectivity index (χ0n) is 23.3. The second-order valence-corrected chi connectivity index (χ2v) is 10.7. The summed E-state index contributed by atoms with van der Waals surface area (Å²) >= 11 is 0. The Bertz CT molecular complexity index is 442. The molecule has 0 saturated carbocycles. The largest absolute Gasteiger partial charge is 0.465 e. The van der Waals surface area contributed by atoms with Gasteiger partial charge in [0.05, 0.1) is 24.0 Å². The Hall–Kier alpha value is -1.06. The van der Waals surface area contributed by atoms with Crippen LogP contribution in [0.4, 0.5) is 0 Å². The molecule has 0 aliphatic heterocycles. The molecule has 4 heteroatoms. The van der Waals surface area contributed by atoms with Gasteiger partial charge in [-0.2, -0.15) is 0 Å². The van der Waals surface area contributed by atoms with Gasteiger partial charge in [0, 0.05) is 0 Å². The van der Waals surface area contributed by atoms with Crippen molar-refractivity contribution in [1.82, 2.24) is 0 Å². The molecule has 0 bridgehead atoms. The minimum atomic E-state index is -0.280. The van der Waals surface area contributed by atoms with Crippen LogP contribution < -0.4 is 0 Å². The number of ether oxygens (including phenoxy) is 2. The summed E-state index contributed by atoms with van der Waals surface area (Å²) in [6.07, 6.45) is 9.86. The molecule has 0 aromatic rings. The van der Waals surface area contributed by atoms with Crippen molar-refractivity contribution in [3.05, 3.63) is 0 Å². The highest BCUT2D eigenvalue weighted by Gasteiger charge is 2.33. The summed E-state index contributed by atoms with van der Waals surface area (Å²) in [4.78, 5) is 23.9. The Morgan fingerprint density at radius 2 is 0.969 bits per heavy atom. The van der Waals surface area contributed by atoms with Crippen molar-refractivity contribution in [2.45, 2.75) is 133 Å². The predicted molar refractivity (Wildman–Crippen MR) is 137 cm³/mol. The quantitative estimate of drug-likeness (QED) is 0.173. The lowest BCUT2D eigenvalue weighted by Gasteiger charge is -2.26. The predicted octanol–water partition coefficient (Wildman–Crippen LogP) is 8.36. The molecule has 0 N–H and O–H groups in total. The van der Waals surface area contributed by atoms with Crippen molar-refractivity contribution >= 4 is 11.9 Å². The third-order valence-corrected chi connectivity index (χ3v) is 6.56. The van der Waals surface area contributed by atoms with Gasteiger partial charge in [-0.3, -0.25) is 9.59 Å². The molecule has 0 aromatic heterocycles. The average Bonchev–Trinajstić information content (AvgIpc) is 2.76. The molecule has 2 unspecified atom stereocenters. The van der Waals surface area contributed by atoms with E-state index >= 15 is 0 Å². The van der Waals surface area contributed by atoms with Crippen LogP contribution in [0.2, 0.25) is 0 Å². The number of rotatable bonds is 16. The third kappa shape index (κ3) is 14.9. The molecule has 0 spiro atoms. The highest BCUT2D eigenvalue weighted by Crippen LogP contribution is 2.31. The lowest BCUT2D eigenvalue weighted by molar-refractivity contribution is -0.156. The Morgan fingerprint density at radius 3 is 1.19 bits per heavy atom. The van der Waals surface area contributed by atoms with Crippen molar-refractivity contribution in [2.24, 2.45) is 22.7 Å². The minimum Gasteiger partial charge on any atom is -0.465 e. The number of carbonyl (C=O) groups is 2. The smallest absolute Gasteiger partial charge is 0.311 e. The number of esters is 2. The molecule has 0 aliphatic carbocycles. The topological polar surface area (TPSA) is 52.6 Å². The SMILES string of the molecule is CCCCOC(=O)C(C)(CC)CCC(C)C.CCCCOC(=O)C(C)(CC)CCC(C)C. The molecule has 0 saturated heterocycles. The molecular formula is C28H56O4. The van der Waals surface area contributed by atoms with Gasteiger partial charge in [-0.15, -0.1) is 0 Å². The van der Waals surface area contributed by atoms with E-state index < -0.39 is 0 Å². The molecule has 32 heavy (non-hydrogen) atoms. The van der Waals surface area contributed by atoms with Gasteiger partial charge >= 0.3 is 11.9 Å². The fraction of sp³-hybridized carbons (Fsp3) is 0.929. The van der Waals surface area contributed by atoms with Crippen LogP contribution in [0.1, 0.15) is 133 Å². The van der Waals surface area contributed by atoms with Crippen molar-refractivity contribution in [2.75, 3.05) is 13.2 Å². The normalized spacial score (nSPS) is 14.9. The zero-order valence-corrected chi connectivity index (χ0v) is 23.3. The highest BCUT2D eigenvalue weighted by molar-refractivity contribution is 5.76. The minimum absolute atomic E-state index is 0.0101.